The number of hydrogen-bond donors (Lipinski definition) is 0. The van der Waals surface area contributed by atoms with Gasteiger partial charge in [0.25, 0.3) is 0 Å². The molecule has 0 aromatic heterocycles. The maximum atomic E-state index is 5.76. The van der Waals surface area contributed by atoms with E-state index >= 15 is 0 Å². The van der Waals surface area contributed by atoms with Crippen molar-refractivity contribution in [3.05, 3.63) is 29.3 Å². The van der Waals surface area contributed by atoms with E-state index in [-0.39, 0.29) is 6.04 Å². The van der Waals surface area contributed by atoms with Gasteiger partial charge in [-0.2, -0.15) is 0 Å². The molecule has 0 saturated carbocycles. The first-order valence-corrected chi connectivity index (χ1v) is 5.24. The molecule has 1 aliphatic heterocycles. The Kier molecular flexibility index (Phi) is 3.45. The fourth-order valence-electron chi connectivity index (χ4n) is 1.33. The quantitative estimate of drug-likeness (QED) is 0.789. The first-order valence-electron chi connectivity index (χ1n) is 4.86. The predicted molar refractivity (Wildman–Crippen MR) is 59.8 cm³/mol. The van der Waals surface area contributed by atoms with Gasteiger partial charge in [0.1, 0.15) is 12.4 Å². The van der Waals surface area contributed by atoms with Crippen molar-refractivity contribution < 1.29 is 9.47 Å². The monoisotopic (exact) mass is 225 g/mol. The summed E-state index contributed by atoms with van der Waals surface area (Å²) >= 11 is 5.76. The SMILES string of the molecule is Clc1ccc(OCCC2COC=N2)cc1. The van der Waals surface area contributed by atoms with Crippen LogP contribution in [0.1, 0.15) is 6.42 Å². The highest BCUT2D eigenvalue weighted by Crippen LogP contribution is 2.16. The van der Waals surface area contributed by atoms with E-state index in [0.29, 0.717) is 13.2 Å². The molecule has 0 radical (unpaired) electrons. The largest absolute Gasteiger partial charge is 0.494 e. The molecule has 0 bridgehead atoms. The summed E-state index contributed by atoms with van der Waals surface area (Å²) in [5, 5.41) is 0.719. The van der Waals surface area contributed by atoms with E-state index in [1.54, 1.807) is 0 Å². The number of nitrogens with zero attached hydrogens (tertiary/aromatic N) is 1. The summed E-state index contributed by atoms with van der Waals surface area (Å²) < 4.78 is 10.5. The van der Waals surface area contributed by atoms with Crippen molar-refractivity contribution in [2.24, 2.45) is 4.99 Å². The molecule has 0 amide bonds. The highest BCUT2D eigenvalue weighted by atomic mass is 35.5. The highest BCUT2D eigenvalue weighted by molar-refractivity contribution is 6.30. The number of ether oxygens (including phenoxy) is 2. The van der Waals surface area contributed by atoms with Crippen molar-refractivity contribution in [3.8, 4) is 5.75 Å². The van der Waals surface area contributed by atoms with E-state index in [2.05, 4.69) is 4.99 Å². The number of aliphatic imine (C=N–C) groups is 1. The number of halogens is 1. The molecule has 4 heteroatoms. The molecule has 0 fully saturated rings. The van der Waals surface area contributed by atoms with Crippen LogP contribution in [0.25, 0.3) is 0 Å². The molecule has 0 spiro atoms. The van der Waals surface area contributed by atoms with Crippen molar-refractivity contribution in [1.82, 2.24) is 0 Å². The third-order valence-electron chi connectivity index (χ3n) is 2.17. The topological polar surface area (TPSA) is 30.8 Å². The van der Waals surface area contributed by atoms with Crippen LogP contribution in [0.4, 0.5) is 0 Å². The van der Waals surface area contributed by atoms with Gasteiger partial charge < -0.3 is 9.47 Å². The maximum Gasteiger partial charge on any atom is 0.169 e. The minimum absolute atomic E-state index is 0.248. The lowest BCUT2D eigenvalue weighted by molar-refractivity contribution is 0.268. The molecule has 15 heavy (non-hydrogen) atoms. The molecule has 1 heterocycles. The zero-order chi connectivity index (χ0) is 10.5. The second kappa shape index (κ2) is 5.03. The third kappa shape index (κ3) is 3.13. The lowest BCUT2D eigenvalue weighted by Gasteiger charge is -2.07. The Labute approximate surface area is 93.7 Å². The van der Waals surface area contributed by atoms with Gasteiger partial charge in [-0.3, -0.25) is 4.99 Å². The second-order valence-electron chi connectivity index (χ2n) is 3.33. The van der Waals surface area contributed by atoms with Gasteiger partial charge in [0.05, 0.1) is 12.6 Å². The Morgan fingerprint density at radius 2 is 2.20 bits per heavy atom. The van der Waals surface area contributed by atoms with Crippen LogP contribution in [0.5, 0.6) is 5.75 Å². The average molecular weight is 226 g/mol. The average Bonchev–Trinajstić information content (AvgIpc) is 2.74. The standard InChI is InChI=1S/C11H12ClNO2/c12-9-1-3-11(4-2-9)15-6-5-10-7-14-8-13-10/h1-4,8,10H,5-7H2. The summed E-state index contributed by atoms with van der Waals surface area (Å²) in [6.45, 7) is 1.32. The van der Waals surface area contributed by atoms with E-state index in [4.69, 9.17) is 21.1 Å². The zero-order valence-corrected chi connectivity index (χ0v) is 8.98. The summed E-state index contributed by atoms with van der Waals surface area (Å²) in [7, 11) is 0. The van der Waals surface area contributed by atoms with Crippen molar-refractivity contribution >= 4 is 18.0 Å². The Bertz CT molecular complexity index is 337. The number of hydrogen-bond acceptors (Lipinski definition) is 3. The normalized spacial score (nSPS) is 18.9. The Morgan fingerprint density at radius 1 is 1.40 bits per heavy atom. The maximum absolute atomic E-state index is 5.76. The lowest BCUT2D eigenvalue weighted by atomic mass is 10.2. The van der Waals surface area contributed by atoms with E-state index in [1.165, 1.54) is 6.40 Å². The van der Waals surface area contributed by atoms with Gasteiger partial charge in [-0.15, -0.1) is 0 Å². The first-order chi connectivity index (χ1) is 7.34. The summed E-state index contributed by atoms with van der Waals surface area (Å²) in [6.07, 6.45) is 2.38. The van der Waals surface area contributed by atoms with Crippen molar-refractivity contribution in [3.63, 3.8) is 0 Å². The smallest absolute Gasteiger partial charge is 0.169 e. The summed E-state index contributed by atoms with van der Waals surface area (Å²) in [6, 6.07) is 7.59. The second-order valence-corrected chi connectivity index (χ2v) is 3.77. The van der Waals surface area contributed by atoms with Gasteiger partial charge in [0, 0.05) is 11.4 Å². The molecule has 1 aromatic carbocycles. The van der Waals surface area contributed by atoms with Gasteiger partial charge in [0.15, 0.2) is 6.40 Å². The van der Waals surface area contributed by atoms with Crippen molar-refractivity contribution in [1.29, 1.82) is 0 Å². The van der Waals surface area contributed by atoms with Crippen LogP contribution < -0.4 is 4.74 Å². The highest BCUT2D eigenvalue weighted by Gasteiger charge is 2.11. The molecule has 3 nitrogen and oxygen atoms in total. The van der Waals surface area contributed by atoms with E-state index in [0.717, 1.165) is 17.2 Å². The van der Waals surface area contributed by atoms with Crippen LogP contribution in [0.3, 0.4) is 0 Å². The molecule has 1 atom stereocenters. The summed E-state index contributed by atoms with van der Waals surface area (Å²) in [5.41, 5.74) is 0. The Morgan fingerprint density at radius 3 is 2.87 bits per heavy atom. The molecule has 0 aliphatic carbocycles. The fourth-order valence-corrected chi connectivity index (χ4v) is 1.45. The molecule has 0 N–H and O–H groups in total. The van der Waals surface area contributed by atoms with Crippen molar-refractivity contribution in [2.45, 2.75) is 12.5 Å². The zero-order valence-electron chi connectivity index (χ0n) is 8.23. The summed E-state index contributed by atoms with van der Waals surface area (Å²) in [4.78, 5) is 4.13. The van der Waals surface area contributed by atoms with Crippen molar-refractivity contribution in [2.75, 3.05) is 13.2 Å². The number of benzene rings is 1. The lowest BCUT2D eigenvalue weighted by Crippen LogP contribution is -2.11. The van der Waals surface area contributed by atoms with Gasteiger partial charge in [-0.1, -0.05) is 11.6 Å². The van der Waals surface area contributed by atoms with E-state index in [1.807, 2.05) is 24.3 Å². The summed E-state index contributed by atoms with van der Waals surface area (Å²) in [5.74, 6) is 0.835. The Balaban J connectivity index is 1.73. The fraction of sp³-hybridized carbons (Fsp3) is 0.364. The molecule has 1 aromatic rings. The van der Waals surface area contributed by atoms with Crippen LogP contribution >= 0.6 is 11.6 Å². The third-order valence-corrected chi connectivity index (χ3v) is 2.42. The van der Waals surface area contributed by atoms with Gasteiger partial charge in [0.2, 0.25) is 0 Å². The molecule has 80 valence electrons. The van der Waals surface area contributed by atoms with Crippen LogP contribution in [0.15, 0.2) is 29.3 Å². The van der Waals surface area contributed by atoms with Crippen LogP contribution in [0.2, 0.25) is 5.02 Å². The molecular formula is C11H12ClNO2. The number of rotatable bonds is 4. The predicted octanol–water partition coefficient (Wildman–Crippen LogP) is 2.54. The minimum Gasteiger partial charge on any atom is -0.494 e. The van der Waals surface area contributed by atoms with Gasteiger partial charge >= 0.3 is 0 Å². The molecule has 2 rings (SSSR count). The molecule has 0 saturated heterocycles. The Hall–Kier alpha value is -1.22. The van der Waals surface area contributed by atoms with Crippen LogP contribution in [0, 0.1) is 0 Å². The van der Waals surface area contributed by atoms with E-state index < -0.39 is 0 Å². The van der Waals surface area contributed by atoms with Gasteiger partial charge in [-0.05, 0) is 24.3 Å². The van der Waals surface area contributed by atoms with Gasteiger partial charge in [-0.25, -0.2) is 0 Å². The molecule has 1 unspecified atom stereocenters. The van der Waals surface area contributed by atoms with Crippen LogP contribution in [-0.4, -0.2) is 25.7 Å². The van der Waals surface area contributed by atoms with Crippen LogP contribution in [-0.2, 0) is 4.74 Å². The molecular weight excluding hydrogens is 214 g/mol. The minimum atomic E-state index is 0.248. The first kappa shape index (κ1) is 10.3. The van der Waals surface area contributed by atoms with E-state index in [9.17, 15) is 0 Å². The molecule has 1 aliphatic rings.